The SMILES string of the molecule is CCN(CCC(C)(NC)C(N)=O)c1ccccc1C. The van der Waals surface area contributed by atoms with Crippen molar-refractivity contribution in [2.75, 3.05) is 25.0 Å². The van der Waals surface area contributed by atoms with Gasteiger partial charge in [0.15, 0.2) is 0 Å². The highest BCUT2D eigenvalue weighted by atomic mass is 16.1. The minimum absolute atomic E-state index is 0.309. The number of nitrogens with one attached hydrogen (secondary N) is 1. The molecule has 0 saturated carbocycles. The van der Waals surface area contributed by atoms with Crippen molar-refractivity contribution in [1.29, 1.82) is 0 Å². The van der Waals surface area contributed by atoms with Gasteiger partial charge in [-0.1, -0.05) is 18.2 Å². The normalized spacial score (nSPS) is 13.9. The van der Waals surface area contributed by atoms with Crippen molar-refractivity contribution < 1.29 is 4.79 Å². The smallest absolute Gasteiger partial charge is 0.237 e. The summed E-state index contributed by atoms with van der Waals surface area (Å²) in [5.74, 6) is -0.309. The number of carbonyl (C=O) groups excluding carboxylic acids is 1. The number of carbonyl (C=O) groups is 1. The van der Waals surface area contributed by atoms with Crippen LogP contribution < -0.4 is 16.0 Å². The molecule has 0 aliphatic heterocycles. The van der Waals surface area contributed by atoms with Gasteiger partial charge in [0, 0.05) is 18.8 Å². The minimum Gasteiger partial charge on any atom is -0.372 e. The van der Waals surface area contributed by atoms with E-state index in [9.17, 15) is 4.79 Å². The first-order valence-electron chi connectivity index (χ1n) is 6.74. The average molecular weight is 263 g/mol. The van der Waals surface area contributed by atoms with E-state index in [4.69, 9.17) is 5.73 Å². The first-order valence-corrected chi connectivity index (χ1v) is 6.74. The second-order valence-electron chi connectivity index (χ2n) is 5.06. The first-order chi connectivity index (χ1) is 8.94. The third-order valence-corrected chi connectivity index (χ3v) is 3.82. The fraction of sp³-hybridized carbons (Fsp3) is 0.533. The van der Waals surface area contributed by atoms with Crippen LogP contribution in [-0.2, 0) is 4.79 Å². The van der Waals surface area contributed by atoms with Gasteiger partial charge in [-0.2, -0.15) is 0 Å². The summed E-state index contributed by atoms with van der Waals surface area (Å²) in [6, 6.07) is 8.29. The van der Waals surface area contributed by atoms with Crippen LogP contribution in [0.5, 0.6) is 0 Å². The van der Waals surface area contributed by atoms with Crippen LogP contribution in [0.1, 0.15) is 25.8 Å². The molecule has 106 valence electrons. The van der Waals surface area contributed by atoms with Crippen molar-refractivity contribution in [3.05, 3.63) is 29.8 Å². The second kappa shape index (κ2) is 6.57. The summed E-state index contributed by atoms with van der Waals surface area (Å²) >= 11 is 0. The van der Waals surface area contributed by atoms with Crippen LogP contribution >= 0.6 is 0 Å². The number of primary amides is 1. The second-order valence-corrected chi connectivity index (χ2v) is 5.06. The van der Waals surface area contributed by atoms with Crippen molar-refractivity contribution in [2.24, 2.45) is 5.73 Å². The van der Waals surface area contributed by atoms with E-state index < -0.39 is 5.54 Å². The molecule has 0 aromatic heterocycles. The number of anilines is 1. The molecular weight excluding hydrogens is 238 g/mol. The van der Waals surface area contributed by atoms with Crippen LogP contribution in [0, 0.1) is 6.92 Å². The molecule has 0 bridgehead atoms. The number of para-hydroxylation sites is 1. The van der Waals surface area contributed by atoms with Gasteiger partial charge < -0.3 is 16.0 Å². The van der Waals surface area contributed by atoms with E-state index in [1.807, 2.05) is 19.1 Å². The maximum Gasteiger partial charge on any atom is 0.237 e. The van der Waals surface area contributed by atoms with Gasteiger partial charge in [0.05, 0.1) is 5.54 Å². The monoisotopic (exact) mass is 263 g/mol. The Morgan fingerprint density at radius 3 is 2.53 bits per heavy atom. The van der Waals surface area contributed by atoms with E-state index in [1.54, 1.807) is 7.05 Å². The molecule has 1 rings (SSSR count). The van der Waals surface area contributed by atoms with Crippen LogP contribution in [0.25, 0.3) is 0 Å². The first kappa shape index (κ1) is 15.5. The number of nitrogens with zero attached hydrogens (tertiary/aromatic N) is 1. The lowest BCUT2D eigenvalue weighted by Crippen LogP contribution is -2.53. The largest absolute Gasteiger partial charge is 0.372 e. The molecule has 1 atom stereocenters. The number of likely N-dealkylation sites (N-methyl/N-ethyl adjacent to an activating group) is 1. The highest BCUT2D eigenvalue weighted by molar-refractivity contribution is 5.84. The lowest BCUT2D eigenvalue weighted by Gasteiger charge is -2.31. The highest BCUT2D eigenvalue weighted by Crippen LogP contribution is 2.21. The zero-order valence-corrected chi connectivity index (χ0v) is 12.4. The van der Waals surface area contributed by atoms with E-state index in [2.05, 4.69) is 36.2 Å². The number of aryl methyl sites for hydroxylation is 1. The summed E-state index contributed by atoms with van der Waals surface area (Å²) < 4.78 is 0. The Hall–Kier alpha value is -1.55. The Balaban J connectivity index is 2.79. The van der Waals surface area contributed by atoms with Crippen molar-refractivity contribution >= 4 is 11.6 Å². The van der Waals surface area contributed by atoms with Crippen LogP contribution in [0.15, 0.2) is 24.3 Å². The third-order valence-electron chi connectivity index (χ3n) is 3.82. The number of nitrogens with two attached hydrogens (primary N) is 1. The van der Waals surface area contributed by atoms with Gasteiger partial charge in [-0.05, 0) is 45.9 Å². The summed E-state index contributed by atoms with van der Waals surface area (Å²) in [7, 11) is 1.77. The van der Waals surface area contributed by atoms with E-state index in [0.29, 0.717) is 6.42 Å². The van der Waals surface area contributed by atoms with Gasteiger partial charge in [-0.15, -0.1) is 0 Å². The predicted octanol–water partition coefficient (Wildman–Crippen LogP) is 1.67. The minimum atomic E-state index is -0.657. The number of rotatable bonds is 7. The lowest BCUT2D eigenvalue weighted by atomic mass is 9.96. The van der Waals surface area contributed by atoms with Crippen molar-refractivity contribution in [3.8, 4) is 0 Å². The van der Waals surface area contributed by atoms with Crippen LogP contribution in [-0.4, -0.2) is 31.6 Å². The van der Waals surface area contributed by atoms with Gasteiger partial charge in [0.25, 0.3) is 0 Å². The summed E-state index contributed by atoms with van der Waals surface area (Å²) in [6.07, 6.45) is 0.682. The maximum absolute atomic E-state index is 11.5. The molecule has 1 amide bonds. The molecule has 3 N–H and O–H groups in total. The summed E-state index contributed by atoms with van der Waals surface area (Å²) in [5.41, 5.74) is 7.26. The maximum atomic E-state index is 11.5. The standard InChI is InChI=1S/C15H25N3O/c1-5-18(13-9-7-6-8-12(13)2)11-10-15(3,17-4)14(16)19/h6-9,17H,5,10-11H2,1-4H3,(H2,16,19). The Labute approximate surface area is 116 Å². The van der Waals surface area contributed by atoms with E-state index in [0.717, 1.165) is 13.1 Å². The Morgan fingerprint density at radius 2 is 2.05 bits per heavy atom. The zero-order valence-electron chi connectivity index (χ0n) is 12.4. The molecule has 19 heavy (non-hydrogen) atoms. The molecule has 4 nitrogen and oxygen atoms in total. The molecule has 1 aromatic carbocycles. The van der Waals surface area contributed by atoms with E-state index >= 15 is 0 Å². The third kappa shape index (κ3) is 3.70. The van der Waals surface area contributed by atoms with Gasteiger partial charge in [0.2, 0.25) is 5.91 Å². The van der Waals surface area contributed by atoms with Crippen molar-refractivity contribution in [3.63, 3.8) is 0 Å². The number of hydrogen-bond donors (Lipinski definition) is 2. The van der Waals surface area contributed by atoms with Gasteiger partial charge in [-0.3, -0.25) is 4.79 Å². The quantitative estimate of drug-likeness (QED) is 0.787. The fourth-order valence-electron chi connectivity index (χ4n) is 2.10. The molecule has 0 aliphatic carbocycles. The predicted molar refractivity (Wildman–Crippen MR) is 80.3 cm³/mol. The van der Waals surface area contributed by atoms with Gasteiger partial charge >= 0.3 is 0 Å². The van der Waals surface area contributed by atoms with Gasteiger partial charge in [0.1, 0.15) is 0 Å². The average Bonchev–Trinajstić information content (AvgIpc) is 2.40. The molecule has 0 spiro atoms. The molecular formula is C15H25N3O. The molecule has 4 heteroatoms. The number of hydrogen-bond acceptors (Lipinski definition) is 3. The molecule has 0 radical (unpaired) electrons. The van der Waals surface area contributed by atoms with Crippen molar-refractivity contribution in [2.45, 2.75) is 32.7 Å². The van der Waals surface area contributed by atoms with Gasteiger partial charge in [-0.25, -0.2) is 0 Å². The Kier molecular flexibility index (Phi) is 5.36. The molecule has 1 aromatic rings. The molecule has 0 fully saturated rings. The van der Waals surface area contributed by atoms with E-state index in [-0.39, 0.29) is 5.91 Å². The molecule has 0 heterocycles. The fourth-order valence-corrected chi connectivity index (χ4v) is 2.10. The Morgan fingerprint density at radius 1 is 1.42 bits per heavy atom. The topological polar surface area (TPSA) is 58.4 Å². The Bertz CT molecular complexity index is 433. The summed E-state index contributed by atoms with van der Waals surface area (Å²) in [6.45, 7) is 7.77. The summed E-state index contributed by atoms with van der Waals surface area (Å²) in [5, 5.41) is 3.02. The molecule has 0 aliphatic rings. The lowest BCUT2D eigenvalue weighted by molar-refractivity contribution is -0.123. The summed E-state index contributed by atoms with van der Waals surface area (Å²) in [4.78, 5) is 13.8. The van der Waals surface area contributed by atoms with Crippen LogP contribution in [0.3, 0.4) is 0 Å². The highest BCUT2D eigenvalue weighted by Gasteiger charge is 2.29. The molecule has 0 saturated heterocycles. The molecule has 1 unspecified atom stereocenters. The zero-order chi connectivity index (χ0) is 14.5. The van der Waals surface area contributed by atoms with Crippen LogP contribution in [0.2, 0.25) is 0 Å². The van der Waals surface area contributed by atoms with E-state index in [1.165, 1.54) is 11.3 Å². The number of amides is 1. The van der Waals surface area contributed by atoms with Crippen LogP contribution in [0.4, 0.5) is 5.69 Å². The number of benzene rings is 1. The van der Waals surface area contributed by atoms with Crippen molar-refractivity contribution in [1.82, 2.24) is 5.32 Å².